The van der Waals surface area contributed by atoms with Crippen molar-refractivity contribution in [1.82, 2.24) is 10.2 Å². The molecule has 0 atom stereocenters. The first-order valence-electron chi connectivity index (χ1n) is 6.09. The minimum atomic E-state index is -0.407. The van der Waals surface area contributed by atoms with Crippen LogP contribution in [0.2, 0.25) is 0 Å². The fourth-order valence-electron chi connectivity index (χ4n) is 2.00. The maximum absolute atomic E-state index is 11.3. The molecule has 6 heteroatoms. The summed E-state index contributed by atoms with van der Waals surface area (Å²) in [6.07, 6.45) is 3.16. The summed E-state index contributed by atoms with van der Waals surface area (Å²) < 4.78 is 9.94. The molecule has 2 aromatic heterocycles. The minimum absolute atomic E-state index is 0.407. The normalized spacial score (nSPS) is 10.7. The number of anilines is 1. The van der Waals surface area contributed by atoms with E-state index in [1.54, 1.807) is 12.3 Å². The zero-order chi connectivity index (χ0) is 13.9. The number of aromatic amines is 1. The Labute approximate surface area is 114 Å². The van der Waals surface area contributed by atoms with Gasteiger partial charge in [0.25, 0.3) is 0 Å². The molecule has 2 heterocycles. The number of aromatic nitrogens is 2. The minimum Gasteiger partial charge on any atom is -0.467 e. The largest absolute Gasteiger partial charge is 0.467 e. The zero-order valence-electron chi connectivity index (χ0n) is 10.8. The number of rotatable bonds is 4. The van der Waals surface area contributed by atoms with Gasteiger partial charge in [-0.25, -0.2) is 4.79 Å². The second-order valence-corrected chi connectivity index (χ2v) is 4.29. The molecule has 0 fully saturated rings. The number of carbonyl (C=O) groups is 1. The van der Waals surface area contributed by atoms with Crippen molar-refractivity contribution in [1.29, 1.82) is 0 Å². The van der Waals surface area contributed by atoms with Gasteiger partial charge >= 0.3 is 5.97 Å². The molecule has 0 saturated heterocycles. The van der Waals surface area contributed by atoms with Gasteiger partial charge in [0.15, 0.2) is 0 Å². The molecular formula is C14H13N3O3. The van der Waals surface area contributed by atoms with E-state index in [0.29, 0.717) is 17.9 Å². The van der Waals surface area contributed by atoms with Gasteiger partial charge in [-0.15, -0.1) is 0 Å². The second kappa shape index (κ2) is 5.08. The molecular weight excluding hydrogens is 258 g/mol. The van der Waals surface area contributed by atoms with Crippen LogP contribution in [0.25, 0.3) is 10.9 Å². The Morgan fingerprint density at radius 1 is 1.50 bits per heavy atom. The van der Waals surface area contributed by atoms with Gasteiger partial charge in [0.05, 0.1) is 36.6 Å². The molecule has 20 heavy (non-hydrogen) atoms. The van der Waals surface area contributed by atoms with Crippen LogP contribution in [-0.2, 0) is 11.3 Å². The molecule has 0 aliphatic heterocycles. The van der Waals surface area contributed by atoms with Crippen LogP contribution in [0.5, 0.6) is 0 Å². The molecule has 3 aromatic rings. The third-order valence-electron chi connectivity index (χ3n) is 3.00. The van der Waals surface area contributed by atoms with E-state index in [-0.39, 0.29) is 0 Å². The third kappa shape index (κ3) is 2.23. The summed E-state index contributed by atoms with van der Waals surface area (Å²) in [6.45, 7) is 0.467. The van der Waals surface area contributed by atoms with Crippen LogP contribution in [-0.4, -0.2) is 23.3 Å². The van der Waals surface area contributed by atoms with Crippen molar-refractivity contribution < 1.29 is 13.9 Å². The molecule has 0 saturated carbocycles. The lowest BCUT2D eigenvalue weighted by atomic mass is 10.2. The van der Waals surface area contributed by atoms with Crippen molar-refractivity contribution in [3.63, 3.8) is 0 Å². The number of hydrogen-bond donors (Lipinski definition) is 2. The van der Waals surface area contributed by atoms with Gasteiger partial charge in [-0.05, 0) is 12.1 Å². The van der Waals surface area contributed by atoms with Gasteiger partial charge in [-0.3, -0.25) is 5.10 Å². The highest BCUT2D eigenvalue weighted by Gasteiger charge is 2.10. The van der Waals surface area contributed by atoms with Gasteiger partial charge in [0.2, 0.25) is 0 Å². The molecule has 0 aliphatic rings. The first kappa shape index (κ1) is 12.3. The summed E-state index contributed by atoms with van der Waals surface area (Å²) in [5, 5.41) is 11.2. The van der Waals surface area contributed by atoms with E-state index < -0.39 is 5.97 Å². The highest BCUT2D eigenvalue weighted by molar-refractivity contribution is 5.90. The molecule has 102 valence electrons. The smallest absolute Gasteiger partial charge is 0.341 e. The number of esters is 1. The number of methoxy groups -OCH3 is 1. The monoisotopic (exact) mass is 271 g/mol. The van der Waals surface area contributed by atoms with Gasteiger partial charge in [-0.2, -0.15) is 5.10 Å². The zero-order valence-corrected chi connectivity index (χ0v) is 10.8. The van der Waals surface area contributed by atoms with Crippen molar-refractivity contribution >= 4 is 22.6 Å². The number of fused-ring (bicyclic) bond motifs is 1. The Morgan fingerprint density at radius 3 is 3.25 bits per heavy atom. The number of nitrogens with zero attached hydrogens (tertiary/aromatic N) is 1. The summed E-state index contributed by atoms with van der Waals surface area (Å²) in [6, 6.07) is 7.53. The van der Waals surface area contributed by atoms with Crippen LogP contribution >= 0.6 is 0 Å². The number of benzene rings is 1. The number of nitrogens with one attached hydrogen (secondary N) is 2. The number of para-hydroxylation sites is 1. The molecule has 2 N–H and O–H groups in total. The maximum Gasteiger partial charge on any atom is 0.341 e. The number of ether oxygens (including phenoxy) is 1. The number of carbonyl (C=O) groups excluding carboxylic acids is 1. The van der Waals surface area contributed by atoms with E-state index in [0.717, 1.165) is 16.6 Å². The van der Waals surface area contributed by atoms with Crippen LogP contribution in [0.1, 0.15) is 16.1 Å². The second-order valence-electron chi connectivity index (χ2n) is 4.29. The average Bonchev–Trinajstić information content (AvgIpc) is 3.13. The summed E-state index contributed by atoms with van der Waals surface area (Å²) in [5.74, 6) is 0.248. The number of furan rings is 1. The molecule has 1 aromatic carbocycles. The van der Waals surface area contributed by atoms with Crippen molar-refractivity contribution in [3.8, 4) is 0 Å². The average molecular weight is 271 g/mol. The van der Waals surface area contributed by atoms with Crippen molar-refractivity contribution in [2.24, 2.45) is 0 Å². The number of H-pyrrole nitrogens is 1. The molecule has 0 bridgehead atoms. The Kier molecular flexibility index (Phi) is 3.12. The van der Waals surface area contributed by atoms with Crippen molar-refractivity contribution in [2.75, 3.05) is 12.4 Å². The maximum atomic E-state index is 11.3. The van der Waals surface area contributed by atoms with Crippen molar-refractivity contribution in [3.05, 3.63) is 48.0 Å². The molecule has 0 aliphatic carbocycles. The quantitative estimate of drug-likeness (QED) is 0.713. The summed E-state index contributed by atoms with van der Waals surface area (Å²) in [4.78, 5) is 11.3. The standard InChI is InChI=1S/C14H13N3O3/c1-19-14(18)10-5-11(20-8-10)7-15-12-4-2-3-9-6-16-17-13(9)12/h2-6,8,15H,7H2,1H3,(H,16,17). The van der Waals surface area contributed by atoms with E-state index in [2.05, 4.69) is 20.3 Å². The Balaban J connectivity index is 1.75. The first-order valence-corrected chi connectivity index (χ1v) is 6.09. The highest BCUT2D eigenvalue weighted by Crippen LogP contribution is 2.21. The van der Waals surface area contributed by atoms with E-state index in [9.17, 15) is 4.79 Å². The molecule has 0 amide bonds. The predicted molar refractivity (Wildman–Crippen MR) is 73.5 cm³/mol. The SMILES string of the molecule is COC(=O)c1coc(CNc2cccc3cn[nH]c23)c1. The van der Waals surface area contributed by atoms with Crippen LogP contribution in [0, 0.1) is 0 Å². The first-order chi connectivity index (χ1) is 9.78. The van der Waals surface area contributed by atoms with E-state index >= 15 is 0 Å². The molecule has 3 rings (SSSR count). The summed E-state index contributed by atoms with van der Waals surface area (Å²) in [5.41, 5.74) is 2.27. The van der Waals surface area contributed by atoms with Crippen molar-refractivity contribution in [2.45, 2.75) is 6.54 Å². The van der Waals surface area contributed by atoms with Crippen LogP contribution in [0.4, 0.5) is 5.69 Å². The molecule has 0 unspecified atom stereocenters. The van der Waals surface area contributed by atoms with Crippen LogP contribution < -0.4 is 5.32 Å². The van der Waals surface area contributed by atoms with E-state index in [4.69, 9.17) is 4.42 Å². The lowest BCUT2D eigenvalue weighted by Crippen LogP contribution is -2.00. The Hall–Kier alpha value is -2.76. The number of hydrogen-bond acceptors (Lipinski definition) is 5. The third-order valence-corrected chi connectivity index (χ3v) is 3.00. The predicted octanol–water partition coefficient (Wildman–Crippen LogP) is 2.55. The lowest BCUT2D eigenvalue weighted by molar-refractivity contribution is 0.0600. The van der Waals surface area contributed by atoms with Gasteiger partial charge in [-0.1, -0.05) is 12.1 Å². The van der Waals surface area contributed by atoms with Crippen LogP contribution in [0.15, 0.2) is 41.1 Å². The van der Waals surface area contributed by atoms with E-state index in [1.807, 2.05) is 18.2 Å². The fraction of sp³-hybridized carbons (Fsp3) is 0.143. The topological polar surface area (TPSA) is 80.2 Å². The Morgan fingerprint density at radius 2 is 2.40 bits per heavy atom. The Bertz CT molecular complexity index is 745. The van der Waals surface area contributed by atoms with Crippen LogP contribution in [0.3, 0.4) is 0 Å². The van der Waals surface area contributed by atoms with Gasteiger partial charge in [0.1, 0.15) is 12.0 Å². The summed E-state index contributed by atoms with van der Waals surface area (Å²) in [7, 11) is 1.34. The summed E-state index contributed by atoms with van der Waals surface area (Å²) >= 11 is 0. The van der Waals surface area contributed by atoms with E-state index in [1.165, 1.54) is 13.4 Å². The fourth-order valence-corrected chi connectivity index (χ4v) is 2.00. The lowest BCUT2D eigenvalue weighted by Gasteiger charge is -2.05. The molecule has 6 nitrogen and oxygen atoms in total. The highest BCUT2D eigenvalue weighted by atomic mass is 16.5. The van der Waals surface area contributed by atoms with Gasteiger partial charge in [0, 0.05) is 5.39 Å². The molecule has 0 spiro atoms. The molecule has 0 radical (unpaired) electrons. The van der Waals surface area contributed by atoms with Gasteiger partial charge < -0.3 is 14.5 Å².